The molecule has 3 N–H and O–H groups in total. The molecule has 0 radical (unpaired) electrons. The van der Waals surface area contributed by atoms with E-state index in [0.717, 1.165) is 31.4 Å². The van der Waals surface area contributed by atoms with Crippen molar-refractivity contribution in [3.63, 3.8) is 0 Å². The molecule has 1 aliphatic carbocycles. The van der Waals surface area contributed by atoms with Crippen molar-refractivity contribution < 1.29 is 14.3 Å². The van der Waals surface area contributed by atoms with Crippen molar-refractivity contribution in [1.82, 2.24) is 19.5 Å². The smallest absolute Gasteiger partial charge is 0.220 e. The first-order chi connectivity index (χ1) is 13.5. The number of nitrogens with one attached hydrogen (secondary N) is 2. The van der Waals surface area contributed by atoms with E-state index < -0.39 is 11.9 Å². The molecule has 1 fully saturated rings. The van der Waals surface area contributed by atoms with Crippen LogP contribution in [0.25, 0.3) is 5.52 Å². The van der Waals surface area contributed by atoms with Crippen LogP contribution in [-0.4, -0.2) is 42.6 Å². The Kier molecular flexibility index (Phi) is 3.82. The van der Waals surface area contributed by atoms with E-state index in [0.29, 0.717) is 16.8 Å². The molecule has 4 heterocycles. The van der Waals surface area contributed by atoms with Gasteiger partial charge in [-0.15, -0.1) is 0 Å². The van der Waals surface area contributed by atoms with Crippen LogP contribution in [0.1, 0.15) is 49.9 Å². The summed E-state index contributed by atoms with van der Waals surface area (Å²) in [5, 5.41) is 18.5. The first-order valence-corrected chi connectivity index (χ1v) is 9.63. The summed E-state index contributed by atoms with van der Waals surface area (Å²) in [6, 6.07) is 3.92. The summed E-state index contributed by atoms with van der Waals surface area (Å²) in [6.45, 7) is 1.53. The molecule has 0 spiro atoms. The zero-order valence-electron chi connectivity index (χ0n) is 15.5. The number of pyridine rings is 1. The van der Waals surface area contributed by atoms with Crippen LogP contribution in [-0.2, 0) is 4.79 Å². The molecule has 5 rings (SSSR count). The minimum Gasteiger partial charge on any atom is -0.494 e. The third-order valence-corrected chi connectivity index (χ3v) is 6.01. The number of hydrogen-bond donors (Lipinski definition) is 3. The maximum atomic E-state index is 14.5. The highest BCUT2D eigenvalue weighted by Gasteiger charge is 2.43. The van der Waals surface area contributed by atoms with E-state index in [1.165, 1.54) is 19.1 Å². The number of rotatable bonds is 1. The highest BCUT2D eigenvalue weighted by molar-refractivity contribution is 5.77. The van der Waals surface area contributed by atoms with Crippen LogP contribution in [0.2, 0.25) is 0 Å². The van der Waals surface area contributed by atoms with Gasteiger partial charge in [0.15, 0.2) is 5.88 Å². The summed E-state index contributed by atoms with van der Waals surface area (Å²) in [7, 11) is 0. The van der Waals surface area contributed by atoms with E-state index in [9.17, 15) is 14.3 Å². The van der Waals surface area contributed by atoms with Gasteiger partial charge in [-0.05, 0) is 31.0 Å². The molecule has 1 amide bonds. The topological polar surface area (TPSA) is 85.7 Å². The van der Waals surface area contributed by atoms with Gasteiger partial charge in [0.05, 0.1) is 28.5 Å². The molecule has 0 bridgehead atoms. The Bertz CT molecular complexity index is 1060. The summed E-state index contributed by atoms with van der Waals surface area (Å²) in [5.74, 6) is -0.538. The number of carbonyl (C=O) groups is 1. The van der Waals surface area contributed by atoms with Crippen LogP contribution in [0, 0.1) is 5.82 Å². The van der Waals surface area contributed by atoms with E-state index in [-0.39, 0.29) is 23.9 Å². The van der Waals surface area contributed by atoms with Crippen molar-refractivity contribution in [2.45, 2.75) is 50.7 Å². The Hall–Kier alpha value is -3.03. The van der Waals surface area contributed by atoms with E-state index in [1.807, 2.05) is 0 Å². The number of hydrogen-bond acceptors (Lipinski definition) is 4. The van der Waals surface area contributed by atoms with E-state index in [1.54, 1.807) is 27.9 Å². The van der Waals surface area contributed by atoms with Gasteiger partial charge in [0.25, 0.3) is 0 Å². The zero-order valence-corrected chi connectivity index (χ0v) is 15.5. The lowest BCUT2D eigenvalue weighted by Crippen LogP contribution is -2.50. The molecule has 1 aliphatic heterocycles. The Labute approximate surface area is 161 Å². The van der Waals surface area contributed by atoms with Crippen LogP contribution in [0.15, 0.2) is 30.6 Å². The fraction of sp³-hybridized carbons (Fsp3) is 0.400. The first kappa shape index (κ1) is 17.1. The first-order valence-electron chi connectivity index (χ1n) is 9.63. The predicted molar refractivity (Wildman–Crippen MR) is 102 cm³/mol. The number of carbonyl (C=O) groups excluding carboxylic acids is 1. The molecular formula is C20H22FN5O2. The van der Waals surface area contributed by atoms with E-state index in [2.05, 4.69) is 15.4 Å². The van der Waals surface area contributed by atoms with Gasteiger partial charge in [-0.25, -0.2) is 8.91 Å². The molecule has 28 heavy (non-hydrogen) atoms. The lowest BCUT2D eigenvalue weighted by atomic mass is 9.88. The summed E-state index contributed by atoms with van der Waals surface area (Å²) in [4.78, 5) is 17.5. The quantitative estimate of drug-likeness (QED) is 0.602. The fourth-order valence-corrected chi connectivity index (χ4v) is 4.89. The minimum absolute atomic E-state index is 0.0260. The van der Waals surface area contributed by atoms with Crippen molar-refractivity contribution in [3.05, 3.63) is 47.7 Å². The van der Waals surface area contributed by atoms with Crippen molar-refractivity contribution in [2.75, 3.05) is 5.32 Å². The number of H-pyrrole nitrogens is 1. The Balaban J connectivity index is 1.80. The highest BCUT2D eigenvalue weighted by Crippen LogP contribution is 2.45. The van der Waals surface area contributed by atoms with Gasteiger partial charge in [-0.3, -0.25) is 4.79 Å². The van der Waals surface area contributed by atoms with Gasteiger partial charge in [-0.2, -0.15) is 5.10 Å². The van der Waals surface area contributed by atoms with Crippen molar-refractivity contribution >= 4 is 17.1 Å². The molecule has 3 aromatic rings. The largest absolute Gasteiger partial charge is 0.494 e. The average Bonchev–Trinajstić information content (AvgIpc) is 3.23. The van der Waals surface area contributed by atoms with Crippen molar-refractivity contribution in [3.8, 4) is 5.88 Å². The fourth-order valence-electron chi connectivity index (χ4n) is 4.89. The average molecular weight is 383 g/mol. The van der Waals surface area contributed by atoms with Gasteiger partial charge < -0.3 is 20.3 Å². The molecule has 2 aliphatic rings. The summed E-state index contributed by atoms with van der Waals surface area (Å²) in [5.41, 5.74) is 2.41. The zero-order chi connectivity index (χ0) is 19.4. The lowest BCUT2D eigenvalue weighted by Gasteiger charge is -2.41. The molecule has 8 heteroatoms. The molecule has 0 aromatic carbocycles. The number of aromatic amines is 1. The molecule has 0 unspecified atom stereocenters. The van der Waals surface area contributed by atoms with E-state index in [4.69, 9.17) is 0 Å². The van der Waals surface area contributed by atoms with Crippen molar-refractivity contribution in [1.29, 1.82) is 0 Å². The van der Waals surface area contributed by atoms with Gasteiger partial charge in [0.2, 0.25) is 5.91 Å². The number of aromatic hydroxyl groups is 1. The van der Waals surface area contributed by atoms with Crippen LogP contribution in [0.4, 0.5) is 10.1 Å². The SMILES string of the molecule is CC(=O)N1[C@H](c2cc(F)cc3ccnn23)c2c(c[nH]c2O)N[C@@H]2CCCC[C@H]21. The second kappa shape index (κ2) is 6.25. The van der Waals surface area contributed by atoms with Crippen molar-refractivity contribution in [2.24, 2.45) is 0 Å². The second-order valence-electron chi connectivity index (χ2n) is 7.66. The number of halogens is 1. The molecule has 3 aromatic heterocycles. The van der Waals surface area contributed by atoms with Gasteiger partial charge in [0.1, 0.15) is 11.9 Å². The molecule has 1 saturated carbocycles. The van der Waals surface area contributed by atoms with Crippen LogP contribution >= 0.6 is 0 Å². The van der Waals surface area contributed by atoms with Gasteiger partial charge in [-0.1, -0.05) is 12.8 Å². The second-order valence-corrected chi connectivity index (χ2v) is 7.66. The molecule has 0 saturated heterocycles. The number of nitrogens with zero attached hydrogens (tertiary/aromatic N) is 3. The van der Waals surface area contributed by atoms with Crippen LogP contribution < -0.4 is 5.32 Å². The summed E-state index contributed by atoms with van der Waals surface area (Å²) < 4.78 is 16.1. The third-order valence-electron chi connectivity index (χ3n) is 6.01. The third kappa shape index (κ3) is 2.47. The number of amides is 1. The Morgan fingerprint density at radius 3 is 2.96 bits per heavy atom. The Morgan fingerprint density at radius 1 is 1.32 bits per heavy atom. The van der Waals surface area contributed by atoms with Gasteiger partial charge in [0, 0.05) is 25.4 Å². The number of fused-ring (bicyclic) bond motifs is 3. The van der Waals surface area contributed by atoms with Crippen LogP contribution in [0.5, 0.6) is 5.88 Å². The standard InChI is InChI=1S/C20H22FN5O2/c1-11(27)25-16-5-3-2-4-14(16)24-15-10-22-20(28)18(15)19(25)17-9-12(21)8-13-6-7-23-26(13)17/h6-10,14,16,19,22,24,28H,2-5H2,1H3/t14-,16-,19-/m1/s1. The monoisotopic (exact) mass is 383 g/mol. The lowest BCUT2D eigenvalue weighted by molar-refractivity contribution is -0.134. The molecule has 146 valence electrons. The highest BCUT2D eigenvalue weighted by atomic mass is 19.1. The minimum atomic E-state index is -0.655. The molecule has 3 atom stereocenters. The molecular weight excluding hydrogens is 361 g/mol. The Morgan fingerprint density at radius 2 is 2.14 bits per heavy atom. The van der Waals surface area contributed by atoms with Gasteiger partial charge >= 0.3 is 0 Å². The maximum absolute atomic E-state index is 14.5. The number of anilines is 1. The normalized spacial score (nSPS) is 24.4. The number of aromatic nitrogens is 3. The predicted octanol–water partition coefficient (Wildman–Crippen LogP) is 3.18. The maximum Gasteiger partial charge on any atom is 0.220 e. The summed E-state index contributed by atoms with van der Waals surface area (Å²) >= 11 is 0. The van der Waals surface area contributed by atoms with E-state index >= 15 is 0 Å². The van der Waals surface area contributed by atoms with Crippen LogP contribution in [0.3, 0.4) is 0 Å². The summed E-state index contributed by atoms with van der Waals surface area (Å²) in [6.07, 6.45) is 7.23. The molecule has 7 nitrogen and oxygen atoms in total.